The summed E-state index contributed by atoms with van der Waals surface area (Å²) in [5, 5.41) is 2.57. The Morgan fingerprint density at radius 1 is 1.15 bits per heavy atom. The van der Waals surface area contributed by atoms with Crippen LogP contribution in [0.5, 0.6) is 0 Å². The Kier molecular flexibility index (Phi) is 8.59. The summed E-state index contributed by atoms with van der Waals surface area (Å²) in [6.45, 7) is 3.79. The normalized spacial score (nSPS) is 13.4. The number of benzene rings is 1. The van der Waals surface area contributed by atoms with Gasteiger partial charge < -0.3 is 5.32 Å². The molecule has 8 heteroatoms. The van der Waals surface area contributed by atoms with E-state index >= 15 is 0 Å². The van der Waals surface area contributed by atoms with Crippen molar-refractivity contribution in [3.8, 4) is 0 Å². The van der Waals surface area contributed by atoms with Gasteiger partial charge >= 0.3 is 6.18 Å². The zero-order chi connectivity index (χ0) is 19.8. The number of halogens is 3. The van der Waals surface area contributed by atoms with Crippen molar-refractivity contribution in [1.29, 1.82) is 0 Å². The largest absolute Gasteiger partial charge is 0.416 e. The lowest BCUT2D eigenvalue weighted by molar-refractivity contribution is -0.137. The van der Waals surface area contributed by atoms with Crippen molar-refractivity contribution in [2.24, 2.45) is 0 Å². The smallest absolute Gasteiger partial charge is 0.348 e. The second kappa shape index (κ2) is 9.94. The maximum absolute atomic E-state index is 12.9. The lowest BCUT2D eigenvalue weighted by atomic mass is 10.00. The molecule has 148 valence electrons. The van der Waals surface area contributed by atoms with Gasteiger partial charge in [0, 0.05) is 0 Å². The number of carbonyl (C=O) groups excluding carboxylic acids is 1. The Labute approximate surface area is 153 Å². The van der Waals surface area contributed by atoms with E-state index in [0.717, 1.165) is 25.0 Å². The van der Waals surface area contributed by atoms with E-state index in [1.54, 1.807) is 0 Å². The van der Waals surface area contributed by atoms with E-state index in [2.05, 4.69) is 5.32 Å². The van der Waals surface area contributed by atoms with Gasteiger partial charge in [-0.15, -0.1) is 0 Å². The third kappa shape index (κ3) is 7.76. The summed E-state index contributed by atoms with van der Waals surface area (Å²) in [6.07, 6.45) is -1.29. The summed E-state index contributed by atoms with van der Waals surface area (Å²) in [7, 11) is -3.52. The fraction of sp³-hybridized carbons (Fsp3) is 0.611. The van der Waals surface area contributed by atoms with Crippen LogP contribution in [0.4, 0.5) is 13.2 Å². The van der Waals surface area contributed by atoms with Gasteiger partial charge in [-0.25, -0.2) is 8.42 Å². The van der Waals surface area contributed by atoms with E-state index in [0.29, 0.717) is 24.8 Å². The molecule has 1 amide bonds. The fourth-order valence-electron chi connectivity index (χ4n) is 2.62. The Balaban J connectivity index is 2.84. The third-order valence-corrected chi connectivity index (χ3v) is 5.55. The molecule has 26 heavy (non-hydrogen) atoms. The van der Waals surface area contributed by atoms with Crippen LogP contribution in [-0.2, 0) is 20.8 Å². The van der Waals surface area contributed by atoms with Crippen LogP contribution in [0.25, 0.3) is 0 Å². The van der Waals surface area contributed by atoms with Gasteiger partial charge in [-0.05, 0) is 30.5 Å². The fourth-order valence-corrected chi connectivity index (χ4v) is 3.89. The summed E-state index contributed by atoms with van der Waals surface area (Å²) in [4.78, 5) is 12.1. The van der Waals surface area contributed by atoms with Crippen molar-refractivity contribution >= 4 is 15.7 Å². The van der Waals surface area contributed by atoms with Crippen LogP contribution in [0.15, 0.2) is 24.3 Å². The summed E-state index contributed by atoms with van der Waals surface area (Å²) in [6, 6.07) is 4.10. The molecule has 1 aromatic carbocycles. The summed E-state index contributed by atoms with van der Waals surface area (Å²) in [5.74, 6) is -1.39. The monoisotopic (exact) mass is 393 g/mol. The third-order valence-electron chi connectivity index (χ3n) is 3.94. The van der Waals surface area contributed by atoms with Crippen molar-refractivity contribution in [2.45, 2.75) is 58.2 Å². The maximum Gasteiger partial charge on any atom is 0.416 e. The Bertz CT molecular complexity index is 687. The van der Waals surface area contributed by atoms with Crippen molar-refractivity contribution in [1.82, 2.24) is 5.32 Å². The number of unbranched alkanes of at least 4 members (excludes halogenated alkanes) is 2. The molecule has 0 aliphatic rings. The van der Waals surface area contributed by atoms with Gasteiger partial charge in [0.2, 0.25) is 5.91 Å². The van der Waals surface area contributed by atoms with Crippen LogP contribution in [0.2, 0.25) is 0 Å². The molecule has 0 saturated carbocycles. The van der Waals surface area contributed by atoms with Crippen molar-refractivity contribution in [3.05, 3.63) is 35.4 Å². The van der Waals surface area contributed by atoms with Crippen LogP contribution >= 0.6 is 0 Å². The SMILES string of the molecule is CCCCCS(=O)(=O)CC(=O)NC(CCC)c1cccc(C(F)(F)F)c1. The average molecular weight is 393 g/mol. The second-order valence-electron chi connectivity index (χ2n) is 6.33. The van der Waals surface area contributed by atoms with Gasteiger partial charge in [-0.2, -0.15) is 13.2 Å². The highest BCUT2D eigenvalue weighted by Gasteiger charge is 2.31. The first kappa shape index (κ1) is 22.5. The van der Waals surface area contributed by atoms with Crippen LogP contribution in [0.3, 0.4) is 0 Å². The number of sulfone groups is 1. The predicted octanol–water partition coefficient (Wildman–Crippen LogP) is 4.27. The molecule has 0 bridgehead atoms. The van der Waals surface area contributed by atoms with E-state index in [1.165, 1.54) is 12.1 Å². The molecular formula is C18H26F3NO3S. The molecule has 0 aromatic heterocycles. The first-order chi connectivity index (χ1) is 12.1. The Morgan fingerprint density at radius 2 is 1.85 bits per heavy atom. The number of hydrogen-bond donors (Lipinski definition) is 1. The maximum atomic E-state index is 12.9. The number of hydrogen-bond acceptors (Lipinski definition) is 3. The van der Waals surface area contributed by atoms with E-state index in [4.69, 9.17) is 0 Å². The van der Waals surface area contributed by atoms with E-state index in [9.17, 15) is 26.4 Å². The highest BCUT2D eigenvalue weighted by Crippen LogP contribution is 2.31. The lowest BCUT2D eigenvalue weighted by Gasteiger charge is -2.20. The molecule has 1 unspecified atom stereocenters. The standard InChI is InChI=1S/C18H26F3NO3S/c1-3-5-6-11-26(24,25)13-17(23)22-16(8-4-2)14-9-7-10-15(12-14)18(19,20)21/h7,9-10,12,16H,3-6,8,11,13H2,1-2H3,(H,22,23). The number of alkyl halides is 3. The minimum Gasteiger partial charge on any atom is -0.348 e. The number of rotatable bonds is 10. The van der Waals surface area contributed by atoms with E-state index in [-0.39, 0.29) is 5.75 Å². The molecule has 0 saturated heterocycles. The lowest BCUT2D eigenvalue weighted by Crippen LogP contribution is -2.34. The molecule has 1 rings (SSSR count). The van der Waals surface area contributed by atoms with Gasteiger partial charge in [0.1, 0.15) is 5.75 Å². The summed E-state index contributed by atoms with van der Waals surface area (Å²) >= 11 is 0. The zero-order valence-corrected chi connectivity index (χ0v) is 15.9. The Morgan fingerprint density at radius 3 is 2.42 bits per heavy atom. The highest BCUT2D eigenvalue weighted by molar-refractivity contribution is 7.92. The summed E-state index contributed by atoms with van der Waals surface area (Å²) in [5.41, 5.74) is -0.476. The number of amides is 1. The topological polar surface area (TPSA) is 63.2 Å². The van der Waals surface area contributed by atoms with E-state index in [1.807, 2.05) is 13.8 Å². The first-order valence-electron chi connectivity index (χ1n) is 8.76. The van der Waals surface area contributed by atoms with Crippen LogP contribution in [0.1, 0.15) is 63.1 Å². The molecule has 1 N–H and O–H groups in total. The van der Waals surface area contributed by atoms with Gasteiger partial charge in [0.05, 0.1) is 17.4 Å². The van der Waals surface area contributed by atoms with Crippen molar-refractivity contribution < 1.29 is 26.4 Å². The molecule has 1 atom stereocenters. The van der Waals surface area contributed by atoms with Gasteiger partial charge in [0.25, 0.3) is 0 Å². The van der Waals surface area contributed by atoms with Gasteiger partial charge in [-0.3, -0.25) is 4.79 Å². The molecule has 0 fully saturated rings. The molecule has 0 aliphatic carbocycles. The second-order valence-corrected chi connectivity index (χ2v) is 8.52. The summed E-state index contributed by atoms with van der Waals surface area (Å²) < 4.78 is 62.6. The molecular weight excluding hydrogens is 367 g/mol. The first-order valence-corrected chi connectivity index (χ1v) is 10.6. The zero-order valence-electron chi connectivity index (χ0n) is 15.1. The molecule has 0 spiro atoms. The van der Waals surface area contributed by atoms with Gasteiger partial charge in [0.15, 0.2) is 9.84 Å². The number of carbonyl (C=O) groups is 1. The van der Waals surface area contributed by atoms with Crippen LogP contribution in [-0.4, -0.2) is 25.8 Å². The Hall–Kier alpha value is -1.57. The minimum absolute atomic E-state index is 0.0593. The van der Waals surface area contributed by atoms with Crippen LogP contribution in [0, 0.1) is 0 Å². The highest BCUT2D eigenvalue weighted by atomic mass is 32.2. The molecule has 4 nitrogen and oxygen atoms in total. The van der Waals surface area contributed by atoms with Crippen molar-refractivity contribution in [2.75, 3.05) is 11.5 Å². The average Bonchev–Trinajstić information content (AvgIpc) is 2.53. The molecule has 0 radical (unpaired) electrons. The van der Waals surface area contributed by atoms with E-state index < -0.39 is 39.3 Å². The molecule has 0 aliphatic heterocycles. The quantitative estimate of drug-likeness (QED) is 0.604. The minimum atomic E-state index is -4.47. The van der Waals surface area contributed by atoms with Gasteiger partial charge in [-0.1, -0.05) is 45.2 Å². The predicted molar refractivity (Wildman–Crippen MR) is 95.4 cm³/mol. The number of nitrogens with one attached hydrogen (secondary N) is 1. The van der Waals surface area contributed by atoms with Crippen LogP contribution < -0.4 is 5.32 Å². The molecule has 1 aromatic rings. The molecule has 0 heterocycles. The van der Waals surface area contributed by atoms with Crippen molar-refractivity contribution in [3.63, 3.8) is 0 Å².